The molecule has 2 heterocycles. The van der Waals surface area contributed by atoms with Crippen molar-refractivity contribution in [2.45, 2.75) is 13.5 Å². The number of nitrogens with zero attached hydrogens (tertiary/aromatic N) is 4. The van der Waals surface area contributed by atoms with Gasteiger partial charge in [0.25, 0.3) is 0 Å². The molecule has 0 atom stereocenters. The van der Waals surface area contributed by atoms with Crippen LogP contribution in [0.3, 0.4) is 0 Å². The van der Waals surface area contributed by atoms with Crippen molar-refractivity contribution in [1.82, 2.24) is 24.7 Å². The summed E-state index contributed by atoms with van der Waals surface area (Å²) in [6, 6.07) is 10.1. The molecule has 0 aliphatic carbocycles. The zero-order chi connectivity index (χ0) is 12.4. The topological polar surface area (TPSA) is 59.4 Å². The van der Waals surface area contributed by atoms with E-state index in [1.54, 1.807) is 6.20 Å². The van der Waals surface area contributed by atoms with Crippen LogP contribution in [0.25, 0.3) is 11.4 Å². The second kappa shape index (κ2) is 4.44. The Morgan fingerprint density at radius 2 is 2.06 bits per heavy atom. The Morgan fingerprint density at radius 3 is 2.78 bits per heavy atom. The Balaban J connectivity index is 1.93. The van der Waals surface area contributed by atoms with Gasteiger partial charge in [-0.05, 0) is 6.92 Å². The summed E-state index contributed by atoms with van der Waals surface area (Å²) in [4.78, 5) is 8.69. The summed E-state index contributed by atoms with van der Waals surface area (Å²) in [6.45, 7) is 2.51. The Bertz CT molecular complexity index is 638. The molecule has 0 amide bonds. The van der Waals surface area contributed by atoms with E-state index in [0.29, 0.717) is 6.54 Å². The largest absolute Gasteiger partial charge is 0.323 e. The number of H-pyrrole nitrogens is 1. The van der Waals surface area contributed by atoms with Gasteiger partial charge in [-0.25, -0.2) is 9.97 Å². The SMILES string of the molecule is Cc1nc(Cn2ccnc2-c2ccccc2)n[nH]1. The zero-order valence-corrected chi connectivity index (χ0v) is 10.0. The van der Waals surface area contributed by atoms with Gasteiger partial charge in [-0.2, -0.15) is 5.10 Å². The van der Waals surface area contributed by atoms with E-state index < -0.39 is 0 Å². The van der Waals surface area contributed by atoms with Gasteiger partial charge < -0.3 is 4.57 Å². The number of aryl methyl sites for hydroxylation is 1. The molecule has 0 saturated heterocycles. The third kappa shape index (κ3) is 2.02. The minimum Gasteiger partial charge on any atom is -0.323 e. The van der Waals surface area contributed by atoms with E-state index in [2.05, 4.69) is 20.2 Å². The fourth-order valence-corrected chi connectivity index (χ4v) is 1.90. The molecule has 0 aliphatic heterocycles. The van der Waals surface area contributed by atoms with Crippen LogP contribution in [0.4, 0.5) is 0 Å². The minimum absolute atomic E-state index is 0.620. The van der Waals surface area contributed by atoms with Crippen molar-refractivity contribution in [1.29, 1.82) is 0 Å². The number of hydrogen-bond donors (Lipinski definition) is 1. The fraction of sp³-hybridized carbons (Fsp3) is 0.154. The monoisotopic (exact) mass is 239 g/mol. The van der Waals surface area contributed by atoms with Crippen LogP contribution in [0.15, 0.2) is 42.7 Å². The summed E-state index contributed by atoms with van der Waals surface area (Å²) in [7, 11) is 0. The quantitative estimate of drug-likeness (QED) is 0.760. The molecule has 3 rings (SSSR count). The average Bonchev–Trinajstić information content (AvgIpc) is 3.00. The molecule has 2 aromatic heterocycles. The second-order valence-corrected chi connectivity index (χ2v) is 4.08. The van der Waals surface area contributed by atoms with Crippen LogP contribution in [0.5, 0.6) is 0 Å². The first-order valence-electron chi connectivity index (χ1n) is 5.77. The van der Waals surface area contributed by atoms with E-state index in [-0.39, 0.29) is 0 Å². The van der Waals surface area contributed by atoms with Gasteiger partial charge >= 0.3 is 0 Å². The first kappa shape index (κ1) is 10.7. The predicted octanol–water partition coefficient (Wildman–Crippen LogP) is 2.02. The normalized spacial score (nSPS) is 10.7. The third-order valence-corrected chi connectivity index (χ3v) is 2.70. The van der Waals surface area contributed by atoms with Gasteiger partial charge in [-0.1, -0.05) is 30.3 Å². The van der Waals surface area contributed by atoms with Gasteiger partial charge in [0.15, 0.2) is 5.82 Å². The predicted molar refractivity (Wildman–Crippen MR) is 67.9 cm³/mol. The lowest BCUT2D eigenvalue weighted by Gasteiger charge is -2.05. The summed E-state index contributed by atoms with van der Waals surface area (Å²) in [5, 5.41) is 6.99. The molecule has 5 heteroatoms. The van der Waals surface area contributed by atoms with Crippen LogP contribution >= 0.6 is 0 Å². The summed E-state index contributed by atoms with van der Waals surface area (Å²) >= 11 is 0. The lowest BCUT2D eigenvalue weighted by atomic mass is 10.2. The Hall–Kier alpha value is -2.43. The lowest BCUT2D eigenvalue weighted by Crippen LogP contribution is -2.02. The molecule has 18 heavy (non-hydrogen) atoms. The summed E-state index contributed by atoms with van der Waals surface area (Å²) in [6.07, 6.45) is 3.73. The molecule has 0 bridgehead atoms. The van der Waals surface area contributed by atoms with Gasteiger partial charge in [0.05, 0.1) is 6.54 Å². The Labute approximate surface area is 105 Å². The summed E-state index contributed by atoms with van der Waals surface area (Å²) in [5.41, 5.74) is 1.09. The van der Waals surface area contributed by atoms with E-state index in [1.165, 1.54) is 0 Å². The highest BCUT2D eigenvalue weighted by Crippen LogP contribution is 2.17. The summed E-state index contributed by atoms with van der Waals surface area (Å²) in [5.74, 6) is 2.52. The molecular weight excluding hydrogens is 226 g/mol. The van der Waals surface area contributed by atoms with Crippen LogP contribution in [0.2, 0.25) is 0 Å². The van der Waals surface area contributed by atoms with Gasteiger partial charge in [0, 0.05) is 18.0 Å². The van der Waals surface area contributed by atoms with E-state index in [1.807, 2.05) is 48.0 Å². The number of imidazole rings is 1. The average molecular weight is 239 g/mol. The third-order valence-electron chi connectivity index (χ3n) is 2.70. The molecule has 0 spiro atoms. The van der Waals surface area contributed by atoms with Crippen molar-refractivity contribution in [3.63, 3.8) is 0 Å². The molecule has 1 aromatic carbocycles. The van der Waals surface area contributed by atoms with Crippen LogP contribution in [-0.2, 0) is 6.54 Å². The van der Waals surface area contributed by atoms with Crippen LogP contribution < -0.4 is 0 Å². The minimum atomic E-state index is 0.620. The van der Waals surface area contributed by atoms with E-state index in [4.69, 9.17) is 0 Å². The van der Waals surface area contributed by atoms with E-state index in [9.17, 15) is 0 Å². The fourth-order valence-electron chi connectivity index (χ4n) is 1.90. The summed E-state index contributed by atoms with van der Waals surface area (Å²) < 4.78 is 2.04. The molecule has 90 valence electrons. The van der Waals surface area contributed by atoms with E-state index in [0.717, 1.165) is 23.0 Å². The van der Waals surface area contributed by atoms with Crippen molar-refractivity contribution in [2.75, 3.05) is 0 Å². The maximum Gasteiger partial charge on any atom is 0.170 e. The molecular formula is C13H13N5. The van der Waals surface area contributed by atoms with Crippen molar-refractivity contribution < 1.29 is 0 Å². The maximum atomic E-state index is 4.39. The molecule has 0 saturated carbocycles. The van der Waals surface area contributed by atoms with Crippen LogP contribution in [-0.4, -0.2) is 24.7 Å². The first-order chi connectivity index (χ1) is 8.83. The molecule has 0 aliphatic rings. The highest BCUT2D eigenvalue weighted by atomic mass is 15.2. The lowest BCUT2D eigenvalue weighted by molar-refractivity contribution is 0.755. The standard InChI is InChI=1S/C13H13N5/c1-10-15-12(17-16-10)9-18-8-7-14-13(18)11-5-3-2-4-6-11/h2-8H,9H2,1H3,(H,15,16,17). The molecule has 0 radical (unpaired) electrons. The van der Waals surface area contributed by atoms with Gasteiger partial charge in [-0.3, -0.25) is 5.10 Å². The van der Waals surface area contributed by atoms with Gasteiger partial charge in [0.1, 0.15) is 11.6 Å². The number of nitrogens with one attached hydrogen (secondary N) is 1. The molecule has 1 N–H and O–H groups in total. The Morgan fingerprint density at radius 1 is 1.22 bits per heavy atom. The second-order valence-electron chi connectivity index (χ2n) is 4.08. The van der Waals surface area contributed by atoms with Crippen molar-refractivity contribution in [3.8, 4) is 11.4 Å². The Kier molecular flexibility index (Phi) is 2.64. The van der Waals surface area contributed by atoms with Crippen LogP contribution in [0, 0.1) is 6.92 Å². The highest BCUT2D eigenvalue weighted by Gasteiger charge is 2.07. The smallest absolute Gasteiger partial charge is 0.170 e. The van der Waals surface area contributed by atoms with Crippen molar-refractivity contribution in [3.05, 3.63) is 54.4 Å². The number of hydrogen-bond acceptors (Lipinski definition) is 3. The number of rotatable bonds is 3. The van der Waals surface area contributed by atoms with Crippen molar-refractivity contribution >= 4 is 0 Å². The number of aromatic nitrogens is 5. The highest BCUT2D eigenvalue weighted by molar-refractivity contribution is 5.55. The first-order valence-corrected chi connectivity index (χ1v) is 5.77. The zero-order valence-electron chi connectivity index (χ0n) is 10.0. The molecule has 5 nitrogen and oxygen atoms in total. The van der Waals surface area contributed by atoms with E-state index >= 15 is 0 Å². The van der Waals surface area contributed by atoms with Gasteiger partial charge in [0.2, 0.25) is 0 Å². The number of benzene rings is 1. The molecule has 0 unspecified atom stereocenters. The van der Waals surface area contributed by atoms with Crippen molar-refractivity contribution in [2.24, 2.45) is 0 Å². The van der Waals surface area contributed by atoms with Crippen LogP contribution in [0.1, 0.15) is 11.6 Å². The van der Waals surface area contributed by atoms with Gasteiger partial charge in [-0.15, -0.1) is 0 Å². The number of aromatic amines is 1. The molecule has 0 fully saturated rings. The maximum absolute atomic E-state index is 4.39. The molecule has 3 aromatic rings.